The van der Waals surface area contributed by atoms with Gasteiger partial charge in [0.25, 0.3) is 0 Å². The second-order valence-corrected chi connectivity index (χ2v) is 4.98. The molecule has 0 saturated heterocycles. The molecule has 0 spiro atoms. The molecule has 1 aromatic rings. The number of halogens is 1. The topological polar surface area (TPSA) is 26.3 Å². The molecule has 0 fully saturated rings. The zero-order valence-corrected chi connectivity index (χ0v) is 11.0. The smallest absolute Gasteiger partial charge is 0.170 e. The molecular formula is C15H19FO2. The maximum atomic E-state index is 13.2. The standard InChI is InChI=1S/C15H19FO2/c1-3-5-8-15(4-2)10-13(17)12-7-6-11(16)9-14(12)18-15/h6-7,9H,3-5,8,10H2,1-2H3. The summed E-state index contributed by atoms with van der Waals surface area (Å²) in [5.41, 5.74) is 0.0745. The van der Waals surface area contributed by atoms with Crippen molar-refractivity contribution in [1.82, 2.24) is 0 Å². The second-order valence-electron chi connectivity index (χ2n) is 4.98. The zero-order chi connectivity index (χ0) is 13.2. The molecule has 0 radical (unpaired) electrons. The van der Waals surface area contributed by atoms with Crippen LogP contribution >= 0.6 is 0 Å². The number of hydrogen-bond donors (Lipinski definition) is 0. The number of fused-ring (bicyclic) bond motifs is 1. The molecule has 0 N–H and O–H groups in total. The lowest BCUT2D eigenvalue weighted by molar-refractivity contribution is 0.0298. The van der Waals surface area contributed by atoms with Crippen molar-refractivity contribution in [3.05, 3.63) is 29.6 Å². The lowest BCUT2D eigenvalue weighted by atomic mass is 9.84. The third-order valence-corrected chi connectivity index (χ3v) is 3.68. The van der Waals surface area contributed by atoms with Crippen LogP contribution in [-0.4, -0.2) is 11.4 Å². The van der Waals surface area contributed by atoms with Crippen molar-refractivity contribution in [3.8, 4) is 5.75 Å². The van der Waals surface area contributed by atoms with E-state index < -0.39 is 5.60 Å². The van der Waals surface area contributed by atoms with Crippen molar-refractivity contribution in [2.24, 2.45) is 0 Å². The first-order valence-electron chi connectivity index (χ1n) is 6.62. The minimum absolute atomic E-state index is 0.0641. The molecule has 0 amide bonds. The van der Waals surface area contributed by atoms with Crippen LogP contribution in [0.5, 0.6) is 5.75 Å². The first-order valence-corrected chi connectivity index (χ1v) is 6.62. The van der Waals surface area contributed by atoms with E-state index in [1.165, 1.54) is 18.2 Å². The van der Waals surface area contributed by atoms with E-state index in [0.717, 1.165) is 25.7 Å². The minimum Gasteiger partial charge on any atom is -0.486 e. The van der Waals surface area contributed by atoms with Gasteiger partial charge >= 0.3 is 0 Å². The van der Waals surface area contributed by atoms with E-state index in [9.17, 15) is 9.18 Å². The zero-order valence-electron chi connectivity index (χ0n) is 11.0. The van der Waals surface area contributed by atoms with Crippen molar-refractivity contribution in [2.75, 3.05) is 0 Å². The molecule has 0 aromatic heterocycles. The summed E-state index contributed by atoms with van der Waals surface area (Å²) in [6, 6.07) is 4.15. The Morgan fingerprint density at radius 3 is 2.83 bits per heavy atom. The van der Waals surface area contributed by atoms with Crippen LogP contribution in [0.4, 0.5) is 4.39 Å². The predicted molar refractivity (Wildman–Crippen MR) is 68.5 cm³/mol. The molecule has 1 aromatic carbocycles. The molecule has 0 bridgehead atoms. The van der Waals surface area contributed by atoms with Crippen LogP contribution < -0.4 is 4.74 Å². The molecule has 0 aliphatic carbocycles. The highest BCUT2D eigenvalue weighted by Crippen LogP contribution is 2.38. The predicted octanol–water partition coefficient (Wildman–Crippen LogP) is 4.13. The van der Waals surface area contributed by atoms with E-state index in [-0.39, 0.29) is 11.6 Å². The molecule has 1 heterocycles. The van der Waals surface area contributed by atoms with Gasteiger partial charge in [0.15, 0.2) is 5.78 Å². The van der Waals surface area contributed by atoms with Crippen molar-refractivity contribution in [2.45, 2.75) is 51.6 Å². The number of Topliss-reactive ketones (excluding diaryl/α,β-unsaturated/α-hetero) is 1. The van der Waals surface area contributed by atoms with Crippen LogP contribution in [0, 0.1) is 5.82 Å². The van der Waals surface area contributed by atoms with Gasteiger partial charge in [0.2, 0.25) is 0 Å². The number of rotatable bonds is 4. The Labute approximate surface area is 107 Å². The molecule has 18 heavy (non-hydrogen) atoms. The van der Waals surface area contributed by atoms with Crippen molar-refractivity contribution < 1.29 is 13.9 Å². The Hall–Kier alpha value is -1.38. The molecule has 1 atom stereocenters. The Morgan fingerprint density at radius 1 is 1.39 bits per heavy atom. The third-order valence-electron chi connectivity index (χ3n) is 3.68. The van der Waals surface area contributed by atoms with Crippen LogP contribution in [0.25, 0.3) is 0 Å². The van der Waals surface area contributed by atoms with Gasteiger partial charge in [0.05, 0.1) is 12.0 Å². The van der Waals surface area contributed by atoms with Gasteiger partial charge in [-0.05, 0) is 31.4 Å². The first-order chi connectivity index (χ1) is 8.60. The maximum Gasteiger partial charge on any atom is 0.170 e. The van der Waals surface area contributed by atoms with Crippen molar-refractivity contribution in [1.29, 1.82) is 0 Å². The van der Waals surface area contributed by atoms with Crippen LogP contribution in [0.1, 0.15) is 56.3 Å². The lowest BCUT2D eigenvalue weighted by Gasteiger charge is -2.37. The number of ether oxygens (including phenoxy) is 1. The van der Waals surface area contributed by atoms with Crippen LogP contribution in [0.2, 0.25) is 0 Å². The van der Waals surface area contributed by atoms with Crippen molar-refractivity contribution in [3.63, 3.8) is 0 Å². The summed E-state index contributed by atoms with van der Waals surface area (Å²) in [4.78, 5) is 12.1. The number of hydrogen-bond acceptors (Lipinski definition) is 2. The van der Waals surface area contributed by atoms with Crippen molar-refractivity contribution >= 4 is 5.78 Å². The Morgan fingerprint density at radius 2 is 2.17 bits per heavy atom. The minimum atomic E-state index is -0.437. The number of unbranched alkanes of at least 4 members (excludes halogenated alkanes) is 1. The van der Waals surface area contributed by atoms with E-state index in [1.54, 1.807) is 0 Å². The largest absolute Gasteiger partial charge is 0.486 e. The highest BCUT2D eigenvalue weighted by atomic mass is 19.1. The van der Waals surface area contributed by atoms with Gasteiger partial charge < -0.3 is 4.74 Å². The van der Waals surface area contributed by atoms with E-state index in [0.29, 0.717) is 17.7 Å². The monoisotopic (exact) mass is 250 g/mol. The SMILES string of the molecule is CCCCC1(CC)CC(=O)c2ccc(F)cc2O1. The third kappa shape index (κ3) is 2.40. The average Bonchev–Trinajstić information content (AvgIpc) is 2.36. The summed E-state index contributed by atoms with van der Waals surface area (Å²) in [5.74, 6) is 0.113. The molecule has 98 valence electrons. The highest BCUT2D eigenvalue weighted by molar-refractivity contribution is 6.00. The maximum absolute atomic E-state index is 13.2. The molecule has 2 rings (SSSR count). The van der Waals surface area contributed by atoms with Gasteiger partial charge in [0.1, 0.15) is 17.2 Å². The fourth-order valence-electron chi connectivity index (χ4n) is 2.48. The quantitative estimate of drug-likeness (QED) is 0.803. The molecule has 1 aliphatic heterocycles. The van der Waals surface area contributed by atoms with Crippen LogP contribution in [0.3, 0.4) is 0 Å². The van der Waals surface area contributed by atoms with E-state index in [4.69, 9.17) is 4.74 Å². The van der Waals surface area contributed by atoms with Crippen LogP contribution in [-0.2, 0) is 0 Å². The number of benzene rings is 1. The number of carbonyl (C=O) groups excluding carboxylic acids is 1. The highest BCUT2D eigenvalue weighted by Gasteiger charge is 2.38. The summed E-state index contributed by atoms with van der Waals surface area (Å²) >= 11 is 0. The summed E-state index contributed by atoms with van der Waals surface area (Å²) in [5, 5.41) is 0. The molecule has 0 saturated carbocycles. The van der Waals surface area contributed by atoms with Gasteiger partial charge in [-0.1, -0.05) is 20.3 Å². The number of ketones is 1. The Bertz CT molecular complexity index is 456. The second kappa shape index (κ2) is 5.09. The van der Waals surface area contributed by atoms with E-state index in [1.807, 2.05) is 6.92 Å². The summed E-state index contributed by atoms with van der Waals surface area (Å²) in [6.45, 7) is 4.13. The van der Waals surface area contributed by atoms with Gasteiger partial charge in [-0.15, -0.1) is 0 Å². The lowest BCUT2D eigenvalue weighted by Crippen LogP contribution is -2.41. The average molecular weight is 250 g/mol. The fourth-order valence-corrected chi connectivity index (χ4v) is 2.48. The summed E-state index contributed by atoms with van der Waals surface area (Å²) in [7, 11) is 0. The first kappa shape index (κ1) is 13.1. The van der Waals surface area contributed by atoms with E-state index in [2.05, 4.69) is 6.92 Å². The van der Waals surface area contributed by atoms with Gasteiger partial charge in [-0.2, -0.15) is 0 Å². The molecule has 1 aliphatic rings. The Balaban J connectivity index is 2.32. The Kier molecular flexibility index (Phi) is 3.69. The van der Waals surface area contributed by atoms with Gasteiger partial charge in [-0.25, -0.2) is 4.39 Å². The van der Waals surface area contributed by atoms with Crippen LogP contribution in [0.15, 0.2) is 18.2 Å². The molecular weight excluding hydrogens is 231 g/mol. The summed E-state index contributed by atoms with van der Waals surface area (Å²) in [6.07, 6.45) is 4.11. The number of carbonyl (C=O) groups is 1. The normalized spacial score (nSPS) is 22.5. The van der Waals surface area contributed by atoms with Gasteiger partial charge in [0, 0.05) is 6.07 Å². The summed E-state index contributed by atoms with van der Waals surface area (Å²) < 4.78 is 19.2. The molecule has 3 heteroatoms. The van der Waals surface area contributed by atoms with E-state index >= 15 is 0 Å². The molecule has 2 nitrogen and oxygen atoms in total. The van der Waals surface area contributed by atoms with Gasteiger partial charge in [-0.3, -0.25) is 4.79 Å². The molecule has 1 unspecified atom stereocenters. The fraction of sp³-hybridized carbons (Fsp3) is 0.533.